The van der Waals surface area contributed by atoms with Crippen LogP contribution in [0.4, 0.5) is 19.4 Å². The SMILES string of the molecule is O=C(O)Nc1ccnc(=O)[nH]1.OCC1OCC(F)(F)C1O. The molecule has 1 amide bonds. The fourth-order valence-corrected chi connectivity index (χ4v) is 1.38. The first-order valence-electron chi connectivity index (χ1n) is 5.60. The Morgan fingerprint density at radius 1 is 1.62 bits per heavy atom. The van der Waals surface area contributed by atoms with Crippen LogP contribution < -0.4 is 11.0 Å². The number of rotatable bonds is 2. The lowest BCUT2D eigenvalue weighted by Crippen LogP contribution is -2.37. The van der Waals surface area contributed by atoms with Crippen molar-refractivity contribution in [2.45, 2.75) is 18.1 Å². The number of carbonyl (C=O) groups is 1. The maximum atomic E-state index is 12.3. The number of nitrogens with one attached hydrogen (secondary N) is 2. The number of halogens is 2. The van der Waals surface area contributed by atoms with Crippen LogP contribution in [0.15, 0.2) is 17.1 Å². The number of aromatic nitrogens is 2. The number of aliphatic hydroxyl groups excluding tert-OH is 2. The average Bonchev–Trinajstić information content (AvgIpc) is 2.64. The van der Waals surface area contributed by atoms with Gasteiger partial charge in [0.1, 0.15) is 24.6 Å². The Hall–Kier alpha value is -2.11. The molecule has 1 aromatic rings. The van der Waals surface area contributed by atoms with Gasteiger partial charge in [0.05, 0.1) is 6.61 Å². The highest BCUT2D eigenvalue weighted by Gasteiger charge is 2.50. The molecule has 1 fully saturated rings. The van der Waals surface area contributed by atoms with E-state index in [0.29, 0.717) is 0 Å². The second-order valence-corrected chi connectivity index (χ2v) is 3.96. The molecule has 1 saturated heterocycles. The van der Waals surface area contributed by atoms with Gasteiger partial charge < -0.3 is 20.1 Å². The van der Waals surface area contributed by atoms with Crippen LogP contribution in [-0.2, 0) is 4.74 Å². The zero-order valence-corrected chi connectivity index (χ0v) is 10.5. The molecule has 0 aliphatic carbocycles. The van der Waals surface area contributed by atoms with Crippen molar-refractivity contribution in [1.82, 2.24) is 9.97 Å². The minimum Gasteiger partial charge on any atom is -0.465 e. The van der Waals surface area contributed by atoms with Gasteiger partial charge in [-0.2, -0.15) is 0 Å². The quantitative estimate of drug-likeness (QED) is 0.482. The van der Waals surface area contributed by atoms with Crippen molar-refractivity contribution in [3.05, 3.63) is 22.7 Å². The van der Waals surface area contributed by atoms with Crippen molar-refractivity contribution in [3.8, 4) is 0 Å². The normalized spacial score (nSPS) is 23.0. The van der Waals surface area contributed by atoms with Crippen LogP contribution in [0.2, 0.25) is 0 Å². The van der Waals surface area contributed by atoms with Gasteiger partial charge in [0.2, 0.25) is 0 Å². The van der Waals surface area contributed by atoms with Gasteiger partial charge in [-0.3, -0.25) is 10.3 Å². The molecule has 2 atom stereocenters. The molecule has 118 valence electrons. The summed E-state index contributed by atoms with van der Waals surface area (Å²) in [6.45, 7) is -1.38. The molecule has 0 spiro atoms. The van der Waals surface area contributed by atoms with E-state index in [1.807, 2.05) is 5.32 Å². The van der Waals surface area contributed by atoms with Gasteiger partial charge in [-0.1, -0.05) is 0 Å². The highest BCUT2D eigenvalue weighted by atomic mass is 19.3. The van der Waals surface area contributed by atoms with Crippen molar-refractivity contribution in [2.75, 3.05) is 18.5 Å². The summed E-state index contributed by atoms with van der Waals surface area (Å²) in [7, 11) is 0. The largest absolute Gasteiger partial charge is 0.465 e. The molecule has 1 aromatic heterocycles. The van der Waals surface area contributed by atoms with E-state index in [2.05, 4.69) is 14.7 Å². The summed E-state index contributed by atoms with van der Waals surface area (Å²) in [4.78, 5) is 26.0. The summed E-state index contributed by atoms with van der Waals surface area (Å²) in [6.07, 6.45) is -3.01. The third-order valence-electron chi connectivity index (χ3n) is 2.37. The van der Waals surface area contributed by atoms with Gasteiger partial charge in [0, 0.05) is 6.20 Å². The molecule has 0 saturated carbocycles. The van der Waals surface area contributed by atoms with E-state index in [1.165, 1.54) is 12.3 Å². The van der Waals surface area contributed by atoms with Crippen LogP contribution in [0.25, 0.3) is 0 Å². The van der Waals surface area contributed by atoms with Crippen LogP contribution in [0.3, 0.4) is 0 Å². The second-order valence-electron chi connectivity index (χ2n) is 3.96. The van der Waals surface area contributed by atoms with E-state index in [4.69, 9.17) is 15.3 Å². The predicted octanol–water partition coefficient (Wildman–Crippen LogP) is -0.767. The maximum Gasteiger partial charge on any atom is 0.410 e. The minimum atomic E-state index is -3.20. The Bertz CT molecular complexity index is 538. The van der Waals surface area contributed by atoms with E-state index >= 15 is 0 Å². The minimum absolute atomic E-state index is 0.109. The molecular weight excluding hydrogens is 296 g/mol. The second kappa shape index (κ2) is 7.06. The molecule has 11 heteroatoms. The Morgan fingerprint density at radius 3 is 2.67 bits per heavy atom. The molecular formula is C10H13F2N3O6. The highest BCUT2D eigenvalue weighted by Crippen LogP contribution is 2.29. The van der Waals surface area contributed by atoms with E-state index < -0.39 is 43.1 Å². The smallest absolute Gasteiger partial charge is 0.410 e. The first-order chi connectivity index (χ1) is 9.76. The summed E-state index contributed by atoms with van der Waals surface area (Å²) in [5.41, 5.74) is -0.587. The van der Waals surface area contributed by atoms with E-state index in [-0.39, 0.29) is 5.82 Å². The van der Waals surface area contributed by atoms with E-state index in [0.717, 1.165) is 0 Å². The zero-order chi connectivity index (χ0) is 16.0. The van der Waals surface area contributed by atoms with Crippen LogP contribution in [0.1, 0.15) is 0 Å². The summed E-state index contributed by atoms with van der Waals surface area (Å²) < 4.78 is 29.0. The molecule has 1 aliphatic rings. The zero-order valence-electron chi connectivity index (χ0n) is 10.5. The Kier molecular flexibility index (Phi) is 5.69. The lowest BCUT2D eigenvalue weighted by atomic mass is 10.1. The first kappa shape index (κ1) is 16.9. The molecule has 0 bridgehead atoms. The molecule has 0 aromatic carbocycles. The van der Waals surface area contributed by atoms with Crippen molar-refractivity contribution in [3.63, 3.8) is 0 Å². The number of aliphatic hydroxyl groups is 2. The van der Waals surface area contributed by atoms with Crippen molar-refractivity contribution < 1.29 is 33.6 Å². The topological polar surface area (TPSA) is 145 Å². The number of carboxylic acid groups (broad SMARTS) is 1. The number of anilines is 1. The third kappa shape index (κ3) is 5.06. The highest BCUT2D eigenvalue weighted by molar-refractivity contribution is 5.81. The number of nitrogens with zero attached hydrogens (tertiary/aromatic N) is 1. The van der Waals surface area contributed by atoms with Gasteiger partial charge in [0.25, 0.3) is 5.92 Å². The third-order valence-corrected chi connectivity index (χ3v) is 2.37. The molecule has 9 nitrogen and oxygen atoms in total. The Labute approximate surface area is 116 Å². The molecule has 1 aliphatic heterocycles. The van der Waals surface area contributed by atoms with Gasteiger partial charge in [-0.25, -0.2) is 23.4 Å². The number of aromatic amines is 1. The van der Waals surface area contributed by atoms with Crippen LogP contribution in [0.5, 0.6) is 0 Å². The number of alkyl halides is 2. The molecule has 2 unspecified atom stereocenters. The van der Waals surface area contributed by atoms with E-state index in [9.17, 15) is 18.4 Å². The molecule has 0 radical (unpaired) electrons. The molecule has 2 rings (SSSR count). The Morgan fingerprint density at radius 2 is 2.29 bits per heavy atom. The molecule has 2 heterocycles. The standard InChI is InChI=1S/C5H8F2O3.C5H5N3O3/c6-5(7)2-10-3(1-8)4(5)9;9-4-6-2-1-3(7-4)8-5(10)11/h3-4,8-9H,1-2H2;1-2H,(H,10,11)(H2,6,7,8,9). The number of hydrogen-bond donors (Lipinski definition) is 5. The summed E-state index contributed by atoms with van der Waals surface area (Å²) in [6, 6.07) is 1.34. The first-order valence-corrected chi connectivity index (χ1v) is 5.60. The number of ether oxygens (including phenoxy) is 1. The van der Waals surface area contributed by atoms with Gasteiger partial charge in [-0.05, 0) is 6.07 Å². The predicted molar refractivity (Wildman–Crippen MR) is 64.3 cm³/mol. The summed E-state index contributed by atoms with van der Waals surface area (Å²) in [5, 5.41) is 27.2. The maximum absolute atomic E-state index is 12.3. The monoisotopic (exact) mass is 309 g/mol. The van der Waals surface area contributed by atoms with Crippen LogP contribution in [-0.4, -0.2) is 62.7 Å². The summed E-state index contributed by atoms with van der Waals surface area (Å²) >= 11 is 0. The number of H-pyrrole nitrogens is 1. The lowest BCUT2D eigenvalue weighted by molar-refractivity contribution is -0.0842. The van der Waals surface area contributed by atoms with Gasteiger partial charge in [-0.15, -0.1) is 0 Å². The fraction of sp³-hybridized carbons (Fsp3) is 0.500. The fourth-order valence-electron chi connectivity index (χ4n) is 1.38. The number of amides is 1. The average molecular weight is 309 g/mol. The lowest BCUT2D eigenvalue weighted by Gasteiger charge is -2.13. The van der Waals surface area contributed by atoms with E-state index in [1.54, 1.807) is 0 Å². The van der Waals surface area contributed by atoms with Crippen molar-refractivity contribution in [1.29, 1.82) is 0 Å². The molecule has 21 heavy (non-hydrogen) atoms. The van der Waals surface area contributed by atoms with Gasteiger partial charge >= 0.3 is 11.8 Å². The Balaban J connectivity index is 0.000000211. The van der Waals surface area contributed by atoms with Crippen molar-refractivity contribution >= 4 is 11.9 Å². The van der Waals surface area contributed by atoms with Gasteiger partial charge in [0.15, 0.2) is 0 Å². The molecule has 5 N–H and O–H groups in total. The van der Waals surface area contributed by atoms with Crippen molar-refractivity contribution in [2.24, 2.45) is 0 Å². The summed E-state index contributed by atoms with van der Waals surface area (Å²) in [5.74, 6) is -3.09. The van der Waals surface area contributed by atoms with Crippen LogP contribution in [0, 0.1) is 0 Å². The number of hydrogen-bond acceptors (Lipinski definition) is 6. The van der Waals surface area contributed by atoms with Crippen LogP contribution >= 0.6 is 0 Å².